The maximum absolute atomic E-state index is 11.3. The lowest BCUT2D eigenvalue weighted by Crippen LogP contribution is -2.06. The van der Waals surface area contributed by atoms with Crippen LogP contribution in [0.15, 0.2) is 30.5 Å². The maximum Gasteiger partial charge on any atom is 0.337 e. The molecule has 21 heavy (non-hydrogen) atoms. The van der Waals surface area contributed by atoms with Gasteiger partial charge in [0.25, 0.3) is 0 Å². The maximum atomic E-state index is 11.3. The van der Waals surface area contributed by atoms with Crippen molar-refractivity contribution in [3.8, 4) is 5.82 Å². The van der Waals surface area contributed by atoms with Crippen molar-refractivity contribution >= 4 is 16.7 Å². The number of aromatic carboxylic acids is 1. The molecule has 3 aromatic rings. The van der Waals surface area contributed by atoms with Gasteiger partial charge in [0.15, 0.2) is 5.82 Å². The highest BCUT2D eigenvalue weighted by atomic mass is 16.4. The predicted molar refractivity (Wildman–Crippen MR) is 80.0 cm³/mol. The number of nitrogens with zero attached hydrogens (tertiary/aromatic N) is 3. The Morgan fingerprint density at radius 1 is 1.14 bits per heavy atom. The van der Waals surface area contributed by atoms with Gasteiger partial charge in [-0.1, -0.05) is 24.3 Å². The number of benzene rings is 1. The predicted octanol–water partition coefficient (Wildman–Crippen LogP) is 3.04. The van der Waals surface area contributed by atoms with Crippen molar-refractivity contribution in [1.82, 2.24) is 14.8 Å². The Labute approximate surface area is 121 Å². The van der Waals surface area contributed by atoms with Crippen LogP contribution in [0.5, 0.6) is 0 Å². The van der Waals surface area contributed by atoms with Crippen molar-refractivity contribution in [2.75, 3.05) is 0 Å². The van der Waals surface area contributed by atoms with E-state index in [0.29, 0.717) is 11.2 Å². The van der Waals surface area contributed by atoms with Crippen LogP contribution >= 0.6 is 0 Å². The van der Waals surface area contributed by atoms with Crippen molar-refractivity contribution in [1.29, 1.82) is 0 Å². The van der Waals surface area contributed by atoms with E-state index in [0.717, 1.165) is 22.3 Å². The third kappa shape index (κ3) is 1.98. The van der Waals surface area contributed by atoms with Gasteiger partial charge in [-0.3, -0.25) is 0 Å². The molecule has 0 aliphatic rings. The standard InChI is InChI=1S/C16H15N3O2/c1-9-10(2)18-19(11(9)3)15-13-7-5-4-6-12(13)14(8-17-15)16(20)21/h4-8H,1-3H3,(H,20,21). The van der Waals surface area contributed by atoms with Crippen molar-refractivity contribution in [3.05, 3.63) is 53.0 Å². The number of hydrogen-bond donors (Lipinski definition) is 1. The molecule has 5 heteroatoms. The van der Waals surface area contributed by atoms with Crippen LogP contribution in [0.2, 0.25) is 0 Å². The van der Waals surface area contributed by atoms with Crippen molar-refractivity contribution in [3.63, 3.8) is 0 Å². The average molecular weight is 281 g/mol. The van der Waals surface area contributed by atoms with Crippen molar-refractivity contribution in [2.45, 2.75) is 20.8 Å². The Hall–Kier alpha value is -2.69. The summed E-state index contributed by atoms with van der Waals surface area (Å²) in [4.78, 5) is 15.7. The minimum atomic E-state index is -0.977. The Balaban J connectivity index is 2.37. The third-order valence-corrected chi connectivity index (χ3v) is 3.86. The first-order valence-electron chi connectivity index (χ1n) is 6.65. The molecular weight excluding hydrogens is 266 g/mol. The largest absolute Gasteiger partial charge is 0.478 e. The summed E-state index contributed by atoms with van der Waals surface area (Å²) in [5, 5.41) is 15.2. The van der Waals surface area contributed by atoms with E-state index in [9.17, 15) is 9.90 Å². The molecule has 0 aliphatic carbocycles. The van der Waals surface area contributed by atoms with E-state index < -0.39 is 5.97 Å². The molecule has 5 nitrogen and oxygen atoms in total. The van der Waals surface area contributed by atoms with Gasteiger partial charge in [0.2, 0.25) is 0 Å². The van der Waals surface area contributed by atoms with E-state index >= 15 is 0 Å². The van der Waals surface area contributed by atoms with Gasteiger partial charge in [0.05, 0.1) is 11.3 Å². The summed E-state index contributed by atoms with van der Waals surface area (Å²) in [6, 6.07) is 7.36. The molecule has 0 saturated carbocycles. The quantitative estimate of drug-likeness (QED) is 0.784. The van der Waals surface area contributed by atoms with E-state index in [1.165, 1.54) is 6.20 Å². The van der Waals surface area contributed by atoms with Crippen LogP contribution in [-0.2, 0) is 0 Å². The number of carboxylic acids is 1. The fraction of sp³-hybridized carbons (Fsp3) is 0.188. The Morgan fingerprint density at radius 2 is 1.81 bits per heavy atom. The van der Waals surface area contributed by atoms with Crippen LogP contribution < -0.4 is 0 Å². The van der Waals surface area contributed by atoms with E-state index in [1.807, 2.05) is 39.0 Å². The van der Waals surface area contributed by atoms with Crippen molar-refractivity contribution in [2.24, 2.45) is 0 Å². The minimum absolute atomic E-state index is 0.201. The number of hydrogen-bond acceptors (Lipinski definition) is 3. The first-order chi connectivity index (χ1) is 10.0. The van der Waals surface area contributed by atoms with Crippen LogP contribution in [0, 0.1) is 20.8 Å². The average Bonchev–Trinajstić information content (AvgIpc) is 2.73. The summed E-state index contributed by atoms with van der Waals surface area (Å²) in [7, 11) is 0. The lowest BCUT2D eigenvalue weighted by Gasteiger charge is -2.09. The lowest BCUT2D eigenvalue weighted by atomic mass is 10.1. The zero-order chi connectivity index (χ0) is 15.1. The number of fused-ring (bicyclic) bond motifs is 1. The van der Waals surface area contributed by atoms with Crippen LogP contribution in [0.3, 0.4) is 0 Å². The molecule has 2 heterocycles. The van der Waals surface area contributed by atoms with Gasteiger partial charge in [-0.05, 0) is 26.3 Å². The fourth-order valence-corrected chi connectivity index (χ4v) is 2.44. The summed E-state index contributed by atoms with van der Waals surface area (Å²) in [6.45, 7) is 5.95. The van der Waals surface area contributed by atoms with Crippen LogP contribution in [0.25, 0.3) is 16.6 Å². The topological polar surface area (TPSA) is 68.0 Å². The zero-order valence-electron chi connectivity index (χ0n) is 12.1. The molecule has 0 amide bonds. The van der Waals surface area contributed by atoms with Crippen molar-refractivity contribution < 1.29 is 9.90 Å². The van der Waals surface area contributed by atoms with E-state index in [-0.39, 0.29) is 5.56 Å². The molecule has 3 rings (SSSR count). The number of pyridine rings is 1. The number of rotatable bonds is 2. The first-order valence-corrected chi connectivity index (χ1v) is 6.65. The molecule has 0 fully saturated rings. The molecule has 1 aromatic carbocycles. The molecule has 0 aliphatic heterocycles. The SMILES string of the molecule is Cc1nn(-c2ncc(C(=O)O)c3ccccc23)c(C)c1C. The second-order valence-corrected chi connectivity index (χ2v) is 5.05. The molecule has 1 N–H and O–H groups in total. The molecule has 0 atom stereocenters. The molecule has 0 unspecified atom stereocenters. The Kier molecular flexibility index (Phi) is 2.97. The summed E-state index contributed by atoms with van der Waals surface area (Å²) in [6.07, 6.45) is 1.39. The van der Waals surface area contributed by atoms with E-state index in [1.54, 1.807) is 10.7 Å². The number of carbonyl (C=O) groups is 1. The Bertz CT molecular complexity index is 865. The van der Waals surface area contributed by atoms with Gasteiger partial charge >= 0.3 is 5.97 Å². The van der Waals surface area contributed by atoms with Gasteiger partial charge in [-0.2, -0.15) is 5.10 Å². The molecule has 106 valence electrons. The first kappa shape index (κ1) is 13.3. The number of aromatic nitrogens is 3. The van der Waals surface area contributed by atoms with Gasteiger partial charge in [0.1, 0.15) is 0 Å². The number of aryl methyl sites for hydroxylation is 1. The highest BCUT2D eigenvalue weighted by Crippen LogP contribution is 2.25. The lowest BCUT2D eigenvalue weighted by molar-refractivity contribution is 0.0698. The minimum Gasteiger partial charge on any atom is -0.478 e. The van der Waals surface area contributed by atoms with Crippen LogP contribution in [-0.4, -0.2) is 25.8 Å². The second-order valence-electron chi connectivity index (χ2n) is 5.05. The molecule has 0 radical (unpaired) electrons. The van der Waals surface area contributed by atoms with Gasteiger partial charge < -0.3 is 5.11 Å². The molecule has 0 spiro atoms. The van der Waals surface area contributed by atoms with Gasteiger partial charge in [0, 0.05) is 22.7 Å². The molecule has 0 bridgehead atoms. The number of carboxylic acid groups (broad SMARTS) is 1. The molecule has 2 aromatic heterocycles. The highest BCUT2D eigenvalue weighted by molar-refractivity contribution is 6.05. The Morgan fingerprint density at radius 3 is 2.38 bits per heavy atom. The smallest absolute Gasteiger partial charge is 0.337 e. The monoisotopic (exact) mass is 281 g/mol. The fourth-order valence-electron chi connectivity index (χ4n) is 2.44. The highest BCUT2D eigenvalue weighted by Gasteiger charge is 2.16. The molecule has 0 saturated heterocycles. The summed E-state index contributed by atoms with van der Waals surface area (Å²) in [5.41, 5.74) is 3.27. The van der Waals surface area contributed by atoms with Gasteiger partial charge in [-0.15, -0.1) is 0 Å². The normalized spacial score (nSPS) is 11.0. The second kappa shape index (κ2) is 4.70. The van der Waals surface area contributed by atoms with Crippen LogP contribution in [0.4, 0.5) is 0 Å². The summed E-state index contributed by atoms with van der Waals surface area (Å²) in [5.74, 6) is -0.320. The third-order valence-electron chi connectivity index (χ3n) is 3.86. The van der Waals surface area contributed by atoms with Gasteiger partial charge in [-0.25, -0.2) is 14.5 Å². The van der Waals surface area contributed by atoms with E-state index in [2.05, 4.69) is 10.1 Å². The van der Waals surface area contributed by atoms with Crippen LogP contribution in [0.1, 0.15) is 27.3 Å². The molecular formula is C16H15N3O2. The zero-order valence-corrected chi connectivity index (χ0v) is 12.1. The van der Waals surface area contributed by atoms with E-state index in [4.69, 9.17) is 0 Å². The summed E-state index contributed by atoms with van der Waals surface area (Å²) < 4.78 is 1.78. The summed E-state index contributed by atoms with van der Waals surface area (Å²) >= 11 is 0.